The smallest absolute Gasteiger partial charge is 0.249 e. The largest absolute Gasteiger partial charge is 0.437 e. The van der Waals surface area contributed by atoms with E-state index in [4.69, 9.17) is 22.7 Å². The summed E-state index contributed by atoms with van der Waals surface area (Å²) in [4.78, 5) is 0.256. The van der Waals surface area contributed by atoms with E-state index in [-0.39, 0.29) is 4.99 Å². The summed E-state index contributed by atoms with van der Waals surface area (Å²) in [5, 5.41) is 8.17. The molecule has 1 aromatic heterocycles. The van der Waals surface area contributed by atoms with Crippen LogP contribution in [0.5, 0.6) is 11.6 Å². The molecule has 0 radical (unpaired) electrons. The highest BCUT2D eigenvalue weighted by atomic mass is 79.9. The molecule has 0 spiro atoms. The Balaban J connectivity index is 2.50. The average molecular weight is 366 g/mol. The maximum absolute atomic E-state index is 5.86. The van der Waals surface area contributed by atoms with Gasteiger partial charge in [0.15, 0.2) is 0 Å². The Morgan fingerprint density at radius 1 is 1.14 bits per heavy atom. The number of hydrogen-bond acceptors (Lipinski definition) is 4. The van der Waals surface area contributed by atoms with Gasteiger partial charge in [0, 0.05) is 4.47 Å². The van der Waals surface area contributed by atoms with Gasteiger partial charge < -0.3 is 10.5 Å². The third-order valence-corrected chi connectivity index (χ3v) is 4.75. The zero-order valence-corrected chi connectivity index (χ0v) is 14.7. The van der Waals surface area contributed by atoms with Gasteiger partial charge in [-0.05, 0) is 56.5 Å². The van der Waals surface area contributed by atoms with Crippen LogP contribution in [0.15, 0.2) is 16.6 Å². The van der Waals surface area contributed by atoms with Gasteiger partial charge in [-0.2, -0.15) is 5.10 Å². The first kappa shape index (κ1) is 15.9. The number of benzene rings is 1. The lowest BCUT2D eigenvalue weighted by atomic mass is 10.1. The number of rotatable bonds is 3. The molecule has 0 aliphatic carbocycles. The molecule has 0 atom stereocenters. The van der Waals surface area contributed by atoms with Crippen LogP contribution in [0.4, 0.5) is 0 Å². The van der Waals surface area contributed by atoms with Crippen molar-refractivity contribution in [3.63, 3.8) is 0 Å². The Morgan fingerprint density at radius 3 is 2.24 bits per heavy atom. The lowest BCUT2D eigenvalue weighted by Crippen LogP contribution is -2.15. The second kappa shape index (κ2) is 6.07. The van der Waals surface area contributed by atoms with Crippen molar-refractivity contribution in [1.82, 2.24) is 10.2 Å². The average Bonchev–Trinajstić information content (AvgIpc) is 2.40. The van der Waals surface area contributed by atoms with E-state index in [1.807, 2.05) is 39.8 Å². The fourth-order valence-corrected chi connectivity index (χ4v) is 2.49. The molecule has 4 nitrogen and oxygen atoms in total. The lowest BCUT2D eigenvalue weighted by Gasteiger charge is -2.13. The minimum absolute atomic E-state index is 0.256. The van der Waals surface area contributed by atoms with Gasteiger partial charge in [0.2, 0.25) is 5.88 Å². The predicted molar refractivity (Wildman–Crippen MR) is 91.1 cm³/mol. The Labute approximate surface area is 137 Å². The minimum atomic E-state index is 0.256. The third kappa shape index (κ3) is 3.22. The molecule has 0 unspecified atom stereocenters. The summed E-state index contributed by atoms with van der Waals surface area (Å²) in [6.45, 7) is 7.78. The van der Waals surface area contributed by atoms with Crippen LogP contribution in [0, 0.1) is 27.7 Å². The van der Waals surface area contributed by atoms with Crippen LogP contribution in [0.3, 0.4) is 0 Å². The van der Waals surface area contributed by atoms with Crippen molar-refractivity contribution in [3.8, 4) is 11.6 Å². The zero-order valence-electron chi connectivity index (χ0n) is 12.3. The van der Waals surface area contributed by atoms with Crippen LogP contribution in [-0.4, -0.2) is 15.2 Å². The summed E-state index contributed by atoms with van der Waals surface area (Å²) >= 11 is 8.64. The van der Waals surface area contributed by atoms with E-state index in [1.165, 1.54) is 0 Å². The minimum Gasteiger partial charge on any atom is -0.437 e. The van der Waals surface area contributed by atoms with Gasteiger partial charge in [0.1, 0.15) is 10.7 Å². The van der Waals surface area contributed by atoms with E-state index in [9.17, 15) is 0 Å². The molecule has 0 saturated carbocycles. The van der Waals surface area contributed by atoms with Crippen molar-refractivity contribution >= 4 is 33.1 Å². The summed E-state index contributed by atoms with van der Waals surface area (Å²) < 4.78 is 6.93. The molecule has 2 N–H and O–H groups in total. The molecule has 0 bridgehead atoms. The molecule has 6 heteroatoms. The van der Waals surface area contributed by atoms with Crippen LogP contribution in [-0.2, 0) is 0 Å². The zero-order chi connectivity index (χ0) is 15.7. The van der Waals surface area contributed by atoms with Crippen LogP contribution >= 0.6 is 28.1 Å². The summed E-state index contributed by atoms with van der Waals surface area (Å²) in [6, 6.07) is 3.86. The monoisotopic (exact) mass is 365 g/mol. The summed E-state index contributed by atoms with van der Waals surface area (Å²) in [5.74, 6) is 1.02. The van der Waals surface area contributed by atoms with E-state index < -0.39 is 0 Å². The third-order valence-electron chi connectivity index (χ3n) is 3.29. The normalized spacial score (nSPS) is 10.5. The Kier molecular flexibility index (Phi) is 4.58. The van der Waals surface area contributed by atoms with Crippen LogP contribution < -0.4 is 10.5 Å². The van der Waals surface area contributed by atoms with Gasteiger partial charge in [-0.3, -0.25) is 0 Å². The van der Waals surface area contributed by atoms with Crippen molar-refractivity contribution in [2.24, 2.45) is 5.73 Å². The SMILES string of the molecule is Cc1cc(Oc2nnc(C)c(C)c2C(N)=S)cc(C)c1Br. The first-order valence-corrected chi connectivity index (χ1v) is 7.59. The van der Waals surface area contributed by atoms with Crippen molar-refractivity contribution < 1.29 is 4.74 Å². The standard InChI is InChI=1S/C15H16BrN3OS/c1-7-5-11(6-8(2)13(7)16)20-15-12(14(17)21)9(3)10(4)18-19-15/h5-6H,1-4H3,(H2,17,21). The number of thiocarbonyl (C=S) groups is 1. The molecule has 0 aliphatic rings. The molecule has 2 aromatic rings. The van der Waals surface area contributed by atoms with Crippen LogP contribution in [0.1, 0.15) is 27.9 Å². The highest BCUT2D eigenvalue weighted by Crippen LogP contribution is 2.31. The van der Waals surface area contributed by atoms with Gasteiger partial charge in [0.25, 0.3) is 0 Å². The van der Waals surface area contributed by atoms with Crippen LogP contribution in [0.25, 0.3) is 0 Å². The van der Waals surface area contributed by atoms with Crippen molar-refractivity contribution in [1.29, 1.82) is 0 Å². The second-order valence-electron chi connectivity index (χ2n) is 4.93. The van der Waals surface area contributed by atoms with E-state index in [1.54, 1.807) is 0 Å². The highest BCUT2D eigenvalue weighted by Gasteiger charge is 2.16. The van der Waals surface area contributed by atoms with Crippen LogP contribution in [0.2, 0.25) is 0 Å². The summed E-state index contributed by atoms with van der Waals surface area (Å²) in [5.41, 5.74) is 10.3. The molecular formula is C15H16BrN3OS. The van der Waals surface area contributed by atoms with Crippen molar-refractivity contribution in [3.05, 3.63) is 44.6 Å². The number of nitrogens with two attached hydrogens (primary N) is 1. The first-order valence-electron chi connectivity index (χ1n) is 6.39. The fraction of sp³-hybridized carbons (Fsp3) is 0.267. The fourth-order valence-electron chi connectivity index (χ4n) is 2.03. The molecule has 21 heavy (non-hydrogen) atoms. The Hall–Kier alpha value is -1.53. The molecular weight excluding hydrogens is 350 g/mol. The number of ether oxygens (including phenoxy) is 1. The van der Waals surface area contributed by atoms with E-state index >= 15 is 0 Å². The Morgan fingerprint density at radius 2 is 1.71 bits per heavy atom. The maximum Gasteiger partial charge on any atom is 0.249 e. The molecule has 0 aliphatic heterocycles. The van der Waals surface area contributed by atoms with Crippen molar-refractivity contribution in [2.75, 3.05) is 0 Å². The number of hydrogen-bond donors (Lipinski definition) is 1. The van der Waals surface area contributed by atoms with Crippen molar-refractivity contribution in [2.45, 2.75) is 27.7 Å². The molecule has 1 heterocycles. The molecule has 0 amide bonds. The quantitative estimate of drug-likeness (QED) is 0.835. The second-order valence-corrected chi connectivity index (χ2v) is 6.16. The van der Waals surface area contributed by atoms with Gasteiger partial charge in [-0.1, -0.05) is 28.1 Å². The number of aromatic nitrogens is 2. The maximum atomic E-state index is 5.86. The van der Waals surface area contributed by atoms with Gasteiger partial charge in [-0.25, -0.2) is 0 Å². The predicted octanol–water partition coefficient (Wildman–Crippen LogP) is 3.90. The lowest BCUT2D eigenvalue weighted by molar-refractivity contribution is 0.451. The van der Waals surface area contributed by atoms with Gasteiger partial charge in [-0.15, -0.1) is 5.10 Å². The van der Waals surface area contributed by atoms with E-state index in [0.29, 0.717) is 17.2 Å². The highest BCUT2D eigenvalue weighted by molar-refractivity contribution is 9.10. The Bertz CT molecular complexity index is 708. The first-order chi connectivity index (χ1) is 9.81. The summed E-state index contributed by atoms with van der Waals surface area (Å²) in [7, 11) is 0. The molecule has 2 rings (SSSR count). The number of aryl methyl sites for hydroxylation is 3. The number of halogens is 1. The van der Waals surface area contributed by atoms with Gasteiger partial charge in [0.05, 0.1) is 11.3 Å². The molecule has 110 valence electrons. The van der Waals surface area contributed by atoms with E-state index in [2.05, 4.69) is 26.1 Å². The number of nitrogens with zero attached hydrogens (tertiary/aromatic N) is 2. The molecule has 0 fully saturated rings. The topological polar surface area (TPSA) is 61.0 Å². The van der Waals surface area contributed by atoms with Gasteiger partial charge >= 0.3 is 0 Å². The molecule has 0 saturated heterocycles. The molecule has 1 aromatic carbocycles. The van der Waals surface area contributed by atoms with E-state index in [0.717, 1.165) is 26.9 Å². The summed E-state index contributed by atoms with van der Waals surface area (Å²) in [6.07, 6.45) is 0.